The second-order valence-electron chi connectivity index (χ2n) is 2.26. The van der Waals surface area contributed by atoms with Crippen molar-refractivity contribution in [2.45, 2.75) is 0 Å². The van der Waals surface area contributed by atoms with Crippen molar-refractivity contribution in [3.63, 3.8) is 0 Å². The van der Waals surface area contributed by atoms with Gasteiger partial charge in [0.2, 0.25) is 0 Å². The maximum absolute atomic E-state index is 3.67. The van der Waals surface area contributed by atoms with Crippen LogP contribution >= 0.6 is 0 Å². The van der Waals surface area contributed by atoms with Crippen molar-refractivity contribution in [1.82, 2.24) is 5.43 Å². The van der Waals surface area contributed by atoms with E-state index in [1.807, 2.05) is 18.2 Å². The predicted octanol–water partition coefficient (Wildman–Crippen LogP) is -0.0661. The van der Waals surface area contributed by atoms with Crippen molar-refractivity contribution in [1.29, 1.82) is 0 Å². The van der Waals surface area contributed by atoms with E-state index in [0.717, 1.165) is 19.6 Å². The Morgan fingerprint density at radius 1 is 1.00 bits per heavy atom. The van der Waals surface area contributed by atoms with Gasteiger partial charge in [0, 0.05) is 0 Å². The van der Waals surface area contributed by atoms with Gasteiger partial charge in [0.05, 0.1) is 6.54 Å². The minimum Gasteiger partial charge on any atom is -0.251 e. The van der Waals surface area contributed by atoms with Crippen LogP contribution in [0, 0.1) is 0 Å². The molecule has 0 fully saturated rings. The highest BCUT2D eigenvalue weighted by atomic mass is 15.5. The molecule has 0 unspecified atom stereocenters. The third-order valence-corrected chi connectivity index (χ3v) is 1.28. The molecule has 0 spiro atoms. The highest BCUT2D eigenvalue weighted by Crippen LogP contribution is 1.56. The fourth-order valence-corrected chi connectivity index (χ4v) is 0.793. The van der Waals surface area contributed by atoms with Crippen molar-refractivity contribution >= 4 is 0 Å². The Balaban J connectivity index is 3.57. The lowest BCUT2D eigenvalue weighted by Crippen LogP contribution is -3.18. The molecular weight excluding hydrogens is 136 g/mol. The van der Waals surface area contributed by atoms with Crippen LogP contribution in [0.4, 0.5) is 0 Å². The summed E-state index contributed by atoms with van der Waals surface area (Å²) in [4.78, 5) is 0. The summed E-state index contributed by atoms with van der Waals surface area (Å²) in [5.74, 6) is 0. The van der Waals surface area contributed by atoms with E-state index in [1.54, 1.807) is 0 Å². The van der Waals surface area contributed by atoms with E-state index in [9.17, 15) is 0 Å². The standard InChI is InChI=1S/C9H16N2/c1-4-7-10-11(8-5-2)9-6-3/h4-6,10H,1-3,7-9H2/p+1. The van der Waals surface area contributed by atoms with Gasteiger partial charge < -0.3 is 0 Å². The molecule has 0 aromatic heterocycles. The van der Waals surface area contributed by atoms with Crippen molar-refractivity contribution in [3.05, 3.63) is 38.0 Å². The molecule has 0 aromatic carbocycles. The number of rotatable bonds is 7. The number of hydrogen-bond donors (Lipinski definition) is 2. The van der Waals surface area contributed by atoms with Gasteiger partial charge in [-0.15, -0.1) is 6.58 Å². The van der Waals surface area contributed by atoms with Crippen molar-refractivity contribution in [2.24, 2.45) is 0 Å². The molecular formula is C9H17N2+. The first kappa shape index (κ1) is 10.1. The lowest BCUT2D eigenvalue weighted by molar-refractivity contribution is -0.933. The highest BCUT2D eigenvalue weighted by Gasteiger charge is 1.99. The summed E-state index contributed by atoms with van der Waals surface area (Å²) in [6.45, 7) is 13.6. The SMILES string of the molecule is C=CCN[NH+](CC=C)CC=C. The van der Waals surface area contributed by atoms with Gasteiger partial charge in [-0.25, -0.2) is 0 Å². The molecule has 0 radical (unpaired) electrons. The second kappa shape index (κ2) is 7.25. The second-order valence-corrected chi connectivity index (χ2v) is 2.26. The van der Waals surface area contributed by atoms with Crippen molar-refractivity contribution < 1.29 is 5.01 Å². The molecule has 0 atom stereocenters. The summed E-state index contributed by atoms with van der Waals surface area (Å²) in [5, 5.41) is 1.25. The molecule has 62 valence electrons. The van der Waals surface area contributed by atoms with E-state index >= 15 is 0 Å². The molecule has 0 heterocycles. The van der Waals surface area contributed by atoms with Gasteiger partial charge in [-0.3, -0.25) is 5.01 Å². The topological polar surface area (TPSA) is 16.5 Å². The van der Waals surface area contributed by atoms with Crippen molar-refractivity contribution in [2.75, 3.05) is 19.6 Å². The van der Waals surface area contributed by atoms with E-state index < -0.39 is 0 Å². The maximum Gasteiger partial charge on any atom is 0.113 e. The minimum atomic E-state index is 0.816. The van der Waals surface area contributed by atoms with E-state index in [1.165, 1.54) is 5.01 Å². The highest BCUT2D eigenvalue weighted by molar-refractivity contribution is 4.69. The minimum absolute atomic E-state index is 0.816. The van der Waals surface area contributed by atoms with Gasteiger partial charge >= 0.3 is 0 Å². The predicted molar refractivity (Wildman–Crippen MR) is 49.3 cm³/mol. The van der Waals surface area contributed by atoms with Crippen LogP contribution in [-0.2, 0) is 0 Å². The molecule has 0 rings (SSSR count). The van der Waals surface area contributed by atoms with E-state index in [-0.39, 0.29) is 0 Å². The molecule has 0 bridgehead atoms. The van der Waals surface area contributed by atoms with Gasteiger partial charge in [0.25, 0.3) is 0 Å². The molecule has 2 nitrogen and oxygen atoms in total. The molecule has 2 N–H and O–H groups in total. The summed E-state index contributed by atoms with van der Waals surface area (Å²) in [7, 11) is 0. The third kappa shape index (κ3) is 5.58. The van der Waals surface area contributed by atoms with E-state index in [2.05, 4.69) is 25.2 Å². The van der Waals surface area contributed by atoms with Crippen LogP contribution in [0.5, 0.6) is 0 Å². The largest absolute Gasteiger partial charge is 0.251 e. The Labute approximate surface area is 68.9 Å². The first-order valence-corrected chi connectivity index (χ1v) is 3.76. The molecule has 2 heteroatoms. The van der Waals surface area contributed by atoms with Gasteiger partial charge in [-0.1, -0.05) is 19.2 Å². The quantitative estimate of drug-likeness (QED) is 0.387. The number of nitrogens with one attached hydrogen (secondary N) is 2. The fourth-order valence-electron chi connectivity index (χ4n) is 0.793. The van der Waals surface area contributed by atoms with Gasteiger partial charge in [-0.05, 0) is 12.2 Å². The third-order valence-electron chi connectivity index (χ3n) is 1.28. The zero-order valence-electron chi connectivity index (χ0n) is 6.97. The van der Waals surface area contributed by atoms with Gasteiger partial charge in [0.15, 0.2) is 0 Å². The summed E-state index contributed by atoms with van der Waals surface area (Å²) >= 11 is 0. The van der Waals surface area contributed by atoms with E-state index in [4.69, 9.17) is 0 Å². The molecule has 0 saturated heterocycles. The van der Waals surface area contributed by atoms with Crippen LogP contribution in [0.2, 0.25) is 0 Å². The van der Waals surface area contributed by atoms with Crippen LogP contribution in [0.15, 0.2) is 38.0 Å². The Morgan fingerprint density at radius 3 is 1.91 bits per heavy atom. The van der Waals surface area contributed by atoms with Crippen LogP contribution < -0.4 is 10.4 Å². The molecule has 0 aliphatic carbocycles. The lowest BCUT2D eigenvalue weighted by atomic mass is 10.5. The fraction of sp³-hybridized carbons (Fsp3) is 0.333. The normalized spacial score (nSPS) is 9.55. The zero-order chi connectivity index (χ0) is 8.53. The first-order chi connectivity index (χ1) is 5.35. The Hall–Kier alpha value is -0.860. The van der Waals surface area contributed by atoms with Crippen LogP contribution in [0.3, 0.4) is 0 Å². The average Bonchev–Trinajstić information content (AvgIpc) is 2.01. The summed E-state index contributed by atoms with van der Waals surface area (Å²) < 4.78 is 0. The van der Waals surface area contributed by atoms with Crippen LogP contribution in [0.25, 0.3) is 0 Å². The average molecular weight is 153 g/mol. The molecule has 0 amide bonds. The summed E-state index contributed by atoms with van der Waals surface area (Å²) in [6, 6.07) is 0. The van der Waals surface area contributed by atoms with Crippen LogP contribution in [0.1, 0.15) is 0 Å². The molecule has 0 aromatic rings. The lowest BCUT2D eigenvalue weighted by Gasteiger charge is -2.14. The Bertz CT molecular complexity index is 120. The smallest absolute Gasteiger partial charge is 0.113 e. The monoisotopic (exact) mass is 153 g/mol. The number of hydrogen-bond acceptors (Lipinski definition) is 1. The van der Waals surface area contributed by atoms with Crippen molar-refractivity contribution in [3.8, 4) is 0 Å². The Morgan fingerprint density at radius 2 is 1.55 bits per heavy atom. The van der Waals surface area contributed by atoms with Gasteiger partial charge in [-0.2, -0.15) is 5.43 Å². The summed E-state index contributed by atoms with van der Waals surface area (Å²) in [5.41, 5.74) is 3.23. The molecule has 0 saturated carbocycles. The summed E-state index contributed by atoms with van der Waals surface area (Å²) in [6.07, 6.45) is 5.61. The maximum atomic E-state index is 3.67. The molecule has 0 aliphatic heterocycles. The molecule has 0 aliphatic rings. The first-order valence-electron chi connectivity index (χ1n) is 3.76. The number of quaternary nitrogens is 1. The Kier molecular flexibility index (Phi) is 6.68. The van der Waals surface area contributed by atoms with E-state index in [0.29, 0.717) is 0 Å². The van der Waals surface area contributed by atoms with Gasteiger partial charge in [0.1, 0.15) is 13.1 Å². The van der Waals surface area contributed by atoms with Crippen LogP contribution in [-0.4, -0.2) is 19.6 Å². The zero-order valence-corrected chi connectivity index (χ0v) is 6.97. The molecule has 11 heavy (non-hydrogen) atoms.